The minimum Gasteiger partial charge on any atom is -0.396 e. The zero-order chi connectivity index (χ0) is 10.7. The summed E-state index contributed by atoms with van der Waals surface area (Å²) >= 11 is 0. The Morgan fingerprint density at radius 2 is 1.93 bits per heavy atom. The van der Waals surface area contributed by atoms with E-state index in [0.29, 0.717) is 30.0 Å². The third kappa shape index (κ3) is 2.69. The molecule has 0 aromatic heterocycles. The highest BCUT2D eigenvalue weighted by molar-refractivity contribution is 4.90. The quantitative estimate of drug-likeness (QED) is 0.625. The fourth-order valence-corrected chi connectivity index (χ4v) is 1.93. The highest BCUT2D eigenvalue weighted by Crippen LogP contribution is 2.17. The van der Waals surface area contributed by atoms with Crippen LogP contribution in [0.4, 0.5) is 0 Å². The Morgan fingerprint density at radius 1 is 1.29 bits per heavy atom. The Hall–Kier alpha value is -0.120. The molecule has 3 heteroatoms. The number of aliphatic hydroxyl groups excluding tert-OH is 1. The van der Waals surface area contributed by atoms with Crippen molar-refractivity contribution in [2.45, 2.75) is 45.8 Å². The molecule has 5 unspecified atom stereocenters. The minimum atomic E-state index is 0.281. The molecule has 0 saturated carbocycles. The molecule has 1 rings (SSSR count). The summed E-state index contributed by atoms with van der Waals surface area (Å²) in [5.74, 6) is 0.886. The summed E-state index contributed by atoms with van der Waals surface area (Å²) in [6, 6.07) is 1.55. The van der Waals surface area contributed by atoms with E-state index in [9.17, 15) is 0 Å². The van der Waals surface area contributed by atoms with Crippen molar-refractivity contribution in [2.24, 2.45) is 11.8 Å². The molecular formula is C11H24N2O. The van der Waals surface area contributed by atoms with Crippen molar-refractivity contribution in [2.75, 3.05) is 13.2 Å². The Balaban J connectivity index is 2.45. The first-order chi connectivity index (χ1) is 6.56. The second kappa shape index (κ2) is 5.10. The van der Waals surface area contributed by atoms with Crippen LogP contribution in [0.25, 0.3) is 0 Å². The third-order valence-electron chi connectivity index (χ3n) is 3.71. The molecule has 3 N–H and O–H groups in total. The van der Waals surface area contributed by atoms with Crippen molar-refractivity contribution < 1.29 is 5.11 Å². The van der Waals surface area contributed by atoms with Crippen molar-refractivity contribution in [3.05, 3.63) is 0 Å². The first-order valence-corrected chi connectivity index (χ1v) is 5.66. The van der Waals surface area contributed by atoms with E-state index in [1.54, 1.807) is 0 Å². The molecule has 0 aromatic carbocycles. The SMILES string of the molecule is CC(CO)C(C)C1CNC(C)C(C)N1. The van der Waals surface area contributed by atoms with Gasteiger partial charge in [0.25, 0.3) is 0 Å². The molecule has 0 bridgehead atoms. The molecule has 1 fully saturated rings. The average Bonchev–Trinajstić information content (AvgIpc) is 2.20. The predicted octanol–water partition coefficient (Wildman–Crippen LogP) is 0.589. The van der Waals surface area contributed by atoms with Gasteiger partial charge in [0, 0.05) is 31.3 Å². The van der Waals surface area contributed by atoms with Gasteiger partial charge >= 0.3 is 0 Å². The Kier molecular flexibility index (Phi) is 4.35. The van der Waals surface area contributed by atoms with E-state index in [1.807, 2.05) is 0 Å². The van der Waals surface area contributed by atoms with E-state index >= 15 is 0 Å². The fraction of sp³-hybridized carbons (Fsp3) is 1.00. The van der Waals surface area contributed by atoms with Crippen LogP contribution in [0.2, 0.25) is 0 Å². The Labute approximate surface area is 87.3 Å². The maximum absolute atomic E-state index is 9.11. The lowest BCUT2D eigenvalue weighted by molar-refractivity contribution is 0.146. The van der Waals surface area contributed by atoms with Gasteiger partial charge in [-0.25, -0.2) is 0 Å². The highest BCUT2D eigenvalue weighted by atomic mass is 16.3. The van der Waals surface area contributed by atoms with E-state index in [-0.39, 0.29) is 6.61 Å². The number of rotatable bonds is 3. The molecule has 0 radical (unpaired) electrons. The van der Waals surface area contributed by atoms with Crippen molar-refractivity contribution >= 4 is 0 Å². The van der Waals surface area contributed by atoms with Gasteiger partial charge in [0.05, 0.1) is 0 Å². The van der Waals surface area contributed by atoms with E-state index in [0.717, 1.165) is 6.54 Å². The molecule has 5 atom stereocenters. The Morgan fingerprint density at radius 3 is 2.43 bits per heavy atom. The molecular weight excluding hydrogens is 176 g/mol. The maximum Gasteiger partial charge on any atom is 0.0459 e. The van der Waals surface area contributed by atoms with Crippen LogP contribution in [-0.4, -0.2) is 36.4 Å². The van der Waals surface area contributed by atoms with Gasteiger partial charge in [-0.15, -0.1) is 0 Å². The van der Waals surface area contributed by atoms with Crippen LogP contribution in [0.5, 0.6) is 0 Å². The van der Waals surface area contributed by atoms with Crippen LogP contribution in [0.15, 0.2) is 0 Å². The van der Waals surface area contributed by atoms with Gasteiger partial charge < -0.3 is 15.7 Å². The van der Waals surface area contributed by atoms with E-state index in [2.05, 4.69) is 38.3 Å². The van der Waals surface area contributed by atoms with Gasteiger partial charge in [0.2, 0.25) is 0 Å². The summed E-state index contributed by atoms with van der Waals surface area (Å²) in [6.45, 7) is 10.0. The molecule has 0 aliphatic carbocycles. The number of hydrogen-bond acceptors (Lipinski definition) is 3. The lowest BCUT2D eigenvalue weighted by atomic mass is 9.87. The zero-order valence-electron chi connectivity index (χ0n) is 9.75. The standard InChI is InChI=1S/C11H24N2O/c1-7(6-14)8(2)11-5-12-9(3)10(4)13-11/h7-14H,5-6H2,1-4H3. The summed E-state index contributed by atoms with van der Waals surface area (Å²) < 4.78 is 0. The second-order valence-electron chi connectivity index (χ2n) is 4.78. The van der Waals surface area contributed by atoms with Gasteiger partial charge in [-0.1, -0.05) is 13.8 Å². The van der Waals surface area contributed by atoms with Crippen molar-refractivity contribution in [3.8, 4) is 0 Å². The molecule has 0 aromatic rings. The maximum atomic E-state index is 9.11. The highest BCUT2D eigenvalue weighted by Gasteiger charge is 2.29. The van der Waals surface area contributed by atoms with Crippen LogP contribution < -0.4 is 10.6 Å². The monoisotopic (exact) mass is 200 g/mol. The number of piperazine rings is 1. The summed E-state index contributed by atoms with van der Waals surface area (Å²) in [4.78, 5) is 0. The molecule has 1 aliphatic rings. The first-order valence-electron chi connectivity index (χ1n) is 5.66. The summed E-state index contributed by atoms with van der Waals surface area (Å²) in [5.41, 5.74) is 0. The summed E-state index contributed by atoms with van der Waals surface area (Å²) in [7, 11) is 0. The molecule has 1 saturated heterocycles. The average molecular weight is 200 g/mol. The molecule has 0 amide bonds. The lowest BCUT2D eigenvalue weighted by Crippen LogP contribution is -2.61. The molecule has 1 aliphatic heterocycles. The van der Waals surface area contributed by atoms with Gasteiger partial charge in [0.1, 0.15) is 0 Å². The fourth-order valence-electron chi connectivity index (χ4n) is 1.93. The summed E-state index contributed by atoms with van der Waals surface area (Å²) in [5, 5.41) is 16.2. The topological polar surface area (TPSA) is 44.3 Å². The van der Waals surface area contributed by atoms with E-state index in [4.69, 9.17) is 5.11 Å². The number of nitrogens with one attached hydrogen (secondary N) is 2. The Bertz CT molecular complexity index is 175. The molecule has 84 valence electrons. The van der Waals surface area contributed by atoms with E-state index < -0.39 is 0 Å². The van der Waals surface area contributed by atoms with Crippen LogP contribution in [0.3, 0.4) is 0 Å². The van der Waals surface area contributed by atoms with Gasteiger partial charge in [-0.3, -0.25) is 0 Å². The van der Waals surface area contributed by atoms with Crippen LogP contribution in [0, 0.1) is 11.8 Å². The van der Waals surface area contributed by atoms with Gasteiger partial charge in [-0.2, -0.15) is 0 Å². The molecule has 0 spiro atoms. The van der Waals surface area contributed by atoms with Crippen LogP contribution >= 0.6 is 0 Å². The van der Waals surface area contributed by atoms with Crippen LogP contribution in [0.1, 0.15) is 27.7 Å². The smallest absolute Gasteiger partial charge is 0.0459 e. The first kappa shape index (κ1) is 12.0. The van der Waals surface area contributed by atoms with E-state index in [1.165, 1.54) is 0 Å². The third-order valence-corrected chi connectivity index (χ3v) is 3.71. The number of aliphatic hydroxyl groups is 1. The van der Waals surface area contributed by atoms with Gasteiger partial charge in [-0.05, 0) is 25.7 Å². The molecule has 14 heavy (non-hydrogen) atoms. The molecule has 3 nitrogen and oxygen atoms in total. The largest absolute Gasteiger partial charge is 0.396 e. The van der Waals surface area contributed by atoms with Crippen molar-refractivity contribution in [1.82, 2.24) is 10.6 Å². The summed E-state index contributed by atoms with van der Waals surface area (Å²) in [6.07, 6.45) is 0. The molecule has 1 heterocycles. The predicted molar refractivity (Wildman–Crippen MR) is 59.3 cm³/mol. The van der Waals surface area contributed by atoms with Crippen LogP contribution in [-0.2, 0) is 0 Å². The number of hydrogen-bond donors (Lipinski definition) is 3. The zero-order valence-corrected chi connectivity index (χ0v) is 9.75. The lowest BCUT2D eigenvalue weighted by Gasteiger charge is -2.39. The normalized spacial score (nSPS) is 37.9. The van der Waals surface area contributed by atoms with Crippen molar-refractivity contribution in [1.29, 1.82) is 0 Å². The van der Waals surface area contributed by atoms with Gasteiger partial charge in [0.15, 0.2) is 0 Å². The second-order valence-corrected chi connectivity index (χ2v) is 4.78. The van der Waals surface area contributed by atoms with Crippen molar-refractivity contribution in [3.63, 3.8) is 0 Å². The minimum absolute atomic E-state index is 0.281.